The number of anilines is 1. The van der Waals surface area contributed by atoms with Crippen LogP contribution in [0.1, 0.15) is 0 Å². The Kier molecular flexibility index (Phi) is 3.69. The summed E-state index contributed by atoms with van der Waals surface area (Å²) in [6.07, 6.45) is 0. The molecule has 2 aromatic rings. The predicted octanol–water partition coefficient (Wildman–Crippen LogP) is 4.56. The monoisotopic (exact) mass is 279 g/mol. The van der Waals surface area contributed by atoms with Gasteiger partial charge < -0.3 is 4.34 Å². The van der Waals surface area contributed by atoms with Crippen molar-refractivity contribution in [3.05, 3.63) is 54.6 Å². The van der Waals surface area contributed by atoms with Crippen LogP contribution in [0.25, 0.3) is 0 Å². The average Bonchev–Trinajstić information content (AvgIpc) is 2.31. The van der Waals surface area contributed by atoms with E-state index >= 15 is 0 Å². The molecule has 2 aromatic carbocycles. The molecule has 0 spiro atoms. The van der Waals surface area contributed by atoms with Gasteiger partial charge in [0.1, 0.15) is 0 Å². The summed E-state index contributed by atoms with van der Waals surface area (Å²) in [4.78, 5) is 2.45. The van der Waals surface area contributed by atoms with Gasteiger partial charge in [0.15, 0.2) is 0 Å². The Morgan fingerprint density at radius 2 is 1.53 bits per heavy atom. The molecular formula is C12H10BrNS. The van der Waals surface area contributed by atoms with Gasteiger partial charge in [-0.3, -0.25) is 0 Å². The first-order chi connectivity index (χ1) is 7.40. The number of para-hydroxylation sites is 1. The topological polar surface area (TPSA) is 12.0 Å². The van der Waals surface area contributed by atoms with Crippen LogP contribution in [0.5, 0.6) is 0 Å². The Hall–Kier alpha value is -0.930. The predicted molar refractivity (Wildman–Crippen MR) is 69.6 cm³/mol. The van der Waals surface area contributed by atoms with Crippen molar-refractivity contribution >= 4 is 33.6 Å². The highest BCUT2D eigenvalue weighted by Gasteiger charge is 2.01. The van der Waals surface area contributed by atoms with Crippen molar-refractivity contribution in [2.75, 3.05) is 4.34 Å². The number of halogens is 1. The van der Waals surface area contributed by atoms with E-state index in [-0.39, 0.29) is 0 Å². The number of rotatable bonds is 3. The fourth-order valence-corrected chi connectivity index (χ4v) is 2.65. The first-order valence-electron chi connectivity index (χ1n) is 4.59. The van der Waals surface area contributed by atoms with E-state index in [1.807, 2.05) is 36.4 Å². The maximum absolute atomic E-state index is 3.26. The minimum atomic E-state index is 1.09. The highest BCUT2D eigenvalue weighted by molar-refractivity contribution is 9.10. The summed E-state index contributed by atoms with van der Waals surface area (Å²) in [5.74, 6) is 0. The minimum absolute atomic E-state index is 1.09. The summed E-state index contributed by atoms with van der Waals surface area (Å²) < 4.78 is 3.01. The van der Waals surface area contributed by atoms with E-state index in [9.17, 15) is 0 Å². The fraction of sp³-hybridized carbons (Fsp3) is 0. The van der Waals surface area contributed by atoms with E-state index in [1.54, 1.807) is 11.8 Å². The molecule has 0 heterocycles. The third kappa shape index (κ3) is 2.76. The summed E-state index contributed by atoms with van der Waals surface area (Å²) in [7, 11) is 0. The molecule has 0 aliphatic heterocycles. The number of hydrogen-bond donors (Lipinski definition) is 1. The van der Waals surface area contributed by atoms with Crippen LogP contribution in [0.2, 0.25) is 0 Å². The van der Waals surface area contributed by atoms with Gasteiger partial charge in [0.05, 0.1) is 5.69 Å². The van der Waals surface area contributed by atoms with Crippen molar-refractivity contribution in [3.8, 4) is 0 Å². The van der Waals surface area contributed by atoms with Gasteiger partial charge >= 0.3 is 0 Å². The third-order valence-electron chi connectivity index (χ3n) is 1.96. The zero-order valence-electron chi connectivity index (χ0n) is 7.98. The molecule has 0 aliphatic carbocycles. The Balaban J connectivity index is 2.24. The highest BCUT2D eigenvalue weighted by atomic mass is 79.9. The molecule has 0 fully saturated rings. The van der Waals surface area contributed by atoms with E-state index in [2.05, 4.69) is 38.7 Å². The van der Waals surface area contributed by atoms with Crippen molar-refractivity contribution in [3.63, 3.8) is 0 Å². The van der Waals surface area contributed by atoms with Gasteiger partial charge in [-0.15, -0.1) is 0 Å². The first kappa shape index (κ1) is 10.6. The van der Waals surface area contributed by atoms with Crippen LogP contribution < -0.4 is 4.34 Å². The summed E-state index contributed by atoms with van der Waals surface area (Å²) in [5, 5.41) is 0. The van der Waals surface area contributed by atoms with Gasteiger partial charge in [-0.2, -0.15) is 0 Å². The van der Waals surface area contributed by atoms with E-state index in [0.29, 0.717) is 0 Å². The molecule has 0 aliphatic rings. The lowest BCUT2D eigenvalue weighted by atomic mass is 10.3. The van der Waals surface area contributed by atoms with Crippen LogP contribution >= 0.6 is 27.9 Å². The summed E-state index contributed by atoms with van der Waals surface area (Å²) in [5.41, 5.74) is 1.09. The highest BCUT2D eigenvalue weighted by Crippen LogP contribution is 2.33. The van der Waals surface area contributed by atoms with Gasteiger partial charge in [-0.05, 0) is 24.3 Å². The number of hydrogen-bond acceptors (Lipinski definition) is 2. The lowest BCUT2D eigenvalue weighted by Crippen LogP contribution is -1.82. The number of nitrogens with one attached hydrogen (secondary N) is 1. The van der Waals surface area contributed by atoms with Crippen LogP contribution in [0, 0.1) is 0 Å². The molecule has 15 heavy (non-hydrogen) atoms. The maximum atomic E-state index is 3.26. The van der Waals surface area contributed by atoms with Crippen molar-refractivity contribution in [1.82, 2.24) is 0 Å². The van der Waals surface area contributed by atoms with E-state index in [0.717, 1.165) is 5.69 Å². The maximum Gasteiger partial charge on any atom is 0.0581 e. The van der Waals surface area contributed by atoms with Crippen molar-refractivity contribution < 1.29 is 0 Å². The Labute approximate surface area is 102 Å². The molecular weight excluding hydrogens is 270 g/mol. The SMILES string of the molecule is BrNc1ccccc1Sc1ccccc1. The van der Waals surface area contributed by atoms with E-state index in [4.69, 9.17) is 0 Å². The molecule has 0 bridgehead atoms. The second-order valence-electron chi connectivity index (χ2n) is 3.01. The van der Waals surface area contributed by atoms with Crippen LogP contribution in [-0.2, 0) is 0 Å². The summed E-state index contributed by atoms with van der Waals surface area (Å²) >= 11 is 5.00. The van der Waals surface area contributed by atoms with Gasteiger partial charge in [0, 0.05) is 25.9 Å². The van der Waals surface area contributed by atoms with Crippen molar-refractivity contribution in [1.29, 1.82) is 0 Å². The molecule has 2 rings (SSSR count). The molecule has 0 unspecified atom stereocenters. The fourth-order valence-electron chi connectivity index (χ4n) is 1.25. The molecule has 0 saturated heterocycles. The quantitative estimate of drug-likeness (QED) is 0.827. The molecule has 1 N–H and O–H groups in total. The van der Waals surface area contributed by atoms with Crippen LogP contribution in [-0.4, -0.2) is 0 Å². The summed E-state index contributed by atoms with van der Waals surface area (Å²) in [6, 6.07) is 18.5. The van der Waals surface area contributed by atoms with Crippen molar-refractivity contribution in [2.24, 2.45) is 0 Å². The smallest absolute Gasteiger partial charge is 0.0581 e. The molecule has 3 heteroatoms. The van der Waals surface area contributed by atoms with Crippen molar-refractivity contribution in [2.45, 2.75) is 9.79 Å². The van der Waals surface area contributed by atoms with Crippen LogP contribution in [0.3, 0.4) is 0 Å². The summed E-state index contributed by atoms with van der Waals surface area (Å²) in [6.45, 7) is 0. The zero-order chi connectivity index (χ0) is 10.5. The van der Waals surface area contributed by atoms with Crippen LogP contribution in [0.15, 0.2) is 64.4 Å². The van der Waals surface area contributed by atoms with Crippen LogP contribution in [0.4, 0.5) is 5.69 Å². The van der Waals surface area contributed by atoms with E-state index < -0.39 is 0 Å². The second kappa shape index (κ2) is 5.24. The van der Waals surface area contributed by atoms with Gasteiger partial charge in [0.25, 0.3) is 0 Å². The lowest BCUT2D eigenvalue weighted by Gasteiger charge is -2.06. The Bertz CT molecular complexity index is 431. The molecule has 76 valence electrons. The van der Waals surface area contributed by atoms with E-state index in [1.165, 1.54) is 9.79 Å². The Morgan fingerprint density at radius 3 is 2.27 bits per heavy atom. The van der Waals surface area contributed by atoms with Gasteiger partial charge in [-0.25, -0.2) is 0 Å². The molecule has 0 radical (unpaired) electrons. The van der Waals surface area contributed by atoms with Gasteiger partial charge in [0.2, 0.25) is 0 Å². The second-order valence-corrected chi connectivity index (χ2v) is 4.52. The third-order valence-corrected chi connectivity index (χ3v) is 3.47. The number of benzene rings is 2. The standard InChI is InChI=1S/C12H10BrNS/c13-14-11-8-4-5-9-12(11)15-10-6-2-1-3-7-10/h1-9,14H. The largest absolute Gasteiger partial charge is 0.321 e. The molecule has 1 nitrogen and oxygen atoms in total. The van der Waals surface area contributed by atoms with Gasteiger partial charge in [-0.1, -0.05) is 42.1 Å². The molecule has 0 amide bonds. The molecule has 0 saturated carbocycles. The molecule has 0 atom stereocenters. The first-order valence-corrected chi connectivity index (χ1v) is 6.19. The Morgan fingerprint density at radius 1 is 0.867 bits per heavy atom. The lowest BCUT2D eigenvalue weighted by molar-refractivity contribution is 1.41. The molecule has 0 aromatic heterocycles. The zero-order valence-corrected chi connectivity index (χ0v) is 10.4. The normalized spacial score (nSPS) is 9.93. The average molecular weight is 280 g/mol. The minimum Gasteiger partial charge on any atom is -0.321 e.